The molecule has 0 aromatic heterocycles. The van der Waals surface area contributed by atoms with E-state index < -0.39 is 6.10 Å². The molecule has 4 heteroatoms. The first kappa shape index (κ1) is 11.9. The minimum Gasteiger partial charge on any atom is -0.490 e. The van der Waals surface area contributed by atoms with Crippen LogP contribution in [0.4, 0.5) is 4.39 Å². The maximum atomic E-state index is 13.4. The van der Waals surface area contributed by atoms with Gasteiger partial charge in [0, 0.05) is 13.0 Å². The van der Waals surface area contributed by atoms with Crippen molar-refractivity contribution in [3.63, 3.8) is 0 Å². The van der Waals surface area contributed by atoms with Crippen LogP contribution in [-0.4, -0.2) is 24.4 Å². The predicted molar refractivity (Wildman–Crippen MR) is 56.3 cm³/mol. The quantitative estimate of drug-likeness (QED) is 0.773. The third-order valence-corrected chi connectivity index (χ3v) is 2.14. The van der Waals surface area contributed by atoms with Crippen molar-refractivity contribution in [3.8, 4) is 5.75 Å². The molecule has 0 aliphatic heterocycles. The molecule has 1 aromatic rings. The summed E-state index contributed by atoms with van der Waals surface area (Å²) in [6.45, 7) is 2.13. The molecule has 0 amide bonds. The predicted octanol–water partition coefficient (Wildman–Crippen LogP) is 1.22. The summed E-state index contributed by atoms with van der Waals surface area (Å²) in [5.41, 5.74) is 5.77. The first-order chi connectivity index (χ1) is 7.15. The summed E-state index contributed by atoms with van der Waals surface area (Å²) in [7, 11) is 0. The Kier molecular flexibility index (Phi) is 4.52. The normalized spacial score (nSPS) is 12.5. The Hall–Kier alpha value is -1.13. The van der Waals surface area contributed by atoms with E-state index in [4.69, 9.17) is 15.6 Å². The molecule has 15 heavy (non-hydrogen) atoms. The molecule has 0 bridgehead atoms. The van der Waals surface area contributed by atoms with Gasteiger partial charge in [-0.05, 0) is 18.6 Å². The highest BCUT2D eigenvalue weighted by molar-refractivity contribution is 5.29. The zero-order valence-corrected chi connectivity index (χ0v) is 8.74. The van der Waals surface area contributed by atoms with E-state index >= 15 is 0 Å². The summed E-state index contributed by atoms with van der Waals surface area (Å²) in [5, 5.41) is 9.16. The van der Waals surface area contributed by atoms with Crippen molar-refractivity contribution < 1.29 is 14.2 Å². The second kappa shape index (κ2) is 5.68. The number of halogens is 1. The van der Waals surface area contributed by atoms with Crippen LogP contribution >= 0.6 is 0 Å². The molecule has 0 aliphatic rings. The molecule has 0 heterocycles. The average molecular weight is 213 g/mol. The maximum Gasteiger partial charge on any atom is 0.167 e. The van der Waals surface area contributed by atoms with E-state index in [0.717, 1.165) is 0 Å². The highest BCUT2D eigenvalue weighted by Gasteiger charge is 2.06. The summed E-state index contributed by atoms with van der Waals surface area (Å²) in [6.07, 6.45) is -0.179. The molecule has 0 spiro atoms. The topological polar surface area (TPSA) is 55.5 Å². The van der Waals surface area contributed by atoms with Gasteiger partial charge >= 0.3 is 0 Å². The van der Waals surface area contributed by atoms with E-state index in [1.54, 1.807) is 25.1 Å². The highest BCUT2D eigenvalue weighted by Crippen LogP contribution is 2.19. The van der Waals surface area contributed by atoms with E-state index in [9.17, 15) is 4.39 Å². The van der Waals surface area contributed by atoms with Gasteiger partial charge in [-0.15, -0.1) is 0 Å². The first-order valence-electron chi connectivity index (χ1n) is 4.91. The van der Waals surface area contributed by atoms with Gasteiger partial charge in [-0.1, -0.05) is 12.1 Å². The number of rotatable bonds is 5. The fraction of sp³-hybridized carbons (Fsp3) is 0.455. The largest absolute Gasteiger partial charge is 0.490 e. The second-order valence-corrected chi connectivity index (χ2v) is 3.41. The highest BCUT2D eigenvalue weighted by atomic mass is 19.1. The smallest absolute Gasteiger partial charge is 0.167 e. The van der Waals surface area contributed by atoms with Gasteiger partial charge < -0.3 is 15.6 Å². The molecule has 3 N–H and O–H groups in total. The SMILES string of the molecule is Cc1cccc(OCCC(O)CN)c1F. The molecular weight excluding hydrogens is 197 g/mol. The lowest BCUT2D eigenvalue weighted by Crippen LogP contribution is -2.22. The van der Waals surface area contributed by atoms with E-state index in [0.29, 0.717) is 12.0 Å². The van der Waals surface area contributed by atoms with Crippen LogP contribution in [0.15, 0.2) is 18.2 Å². The molecule has 0 saturated heterocycles. The Labute approximate surface area is 88.7 Å². The number of aliphatic hydroxyl groups excluding tert-OH is 1. The van der Waals surface area contributed by atoms with Gasteiger partial charge in [0.15, 0.2) is 11.6 Å². The zero-order valence-electron chi connectivity index (χ0n) is 8.74. The van der Waals surface area contributed by atoms with Crippen molar-refractivity contribution in [1.82, 2.24) is 0 Å². The Bertz CT molecular complexity index is 317. The van der Waals surface area contributed by atoms with Crippen molar-refractivity contribution >= 4 is 0 Å². The number of aryl methyl sites for hydroxylation is 1. The molecule has 1 rings (SSSR count). The zero-order chi connectivity index (χ0) is 11.3. The van der Waals surface area contributed by atoms with E-state index in [-0.39, 0.29) is 24.7 Å². The monoisotopic (exact) mass is 213 g/mol. The fourth-order valence-electron chi connectivity index (χ4n) is 1.15. The second-order valence-electron chi connectivity index (χ2n) is 3.41. The van der Waals surface area contributed by atoms with Gasteiger partial charge in [-0.25, -0.2) is 4.39 Å². The molecule has 0 fully saturated rings. The van der Waals surface area contributed by atoms with E-state index in [2.05, 4.69) is 0 Å². The van der Waals surface area contributed by atoms with Crippen molar-refractivity contribution in [2.45, 2.75) is 19.4 Å². The van der Waals surface area contributed by atoms with Gasteiger partial charge in [0.2, 0.25) is 0 Å². The standard InChI is InChI=1S/C11H16FNO2/c1-8-3-2-4-10(11(8)12)15-6-5-9(14)7-13/h2-4,9,14H,5-7,13H2,1H3. The van der Waals surface area contributed by atoms with Crippen molar-refractivity contribution in [2.24, 2.45) is 5.73 Å². The lowest BCUT2D eigenvalue weighted by Gasteiger charge is -2.10. The molecule has 0 saturated carbocycles. The van der Waals surface area contributed by atoms with Crippen molar-refractivity contribution in [2.75, 3.05) is 13.2 Å². The Balaban J connectivity index is 2.47. The number of nitrogens with two attached hydrogens (primary N) is 1. The van der Waals surface area contributed by atoms with Crippen LogP contribution in [0.5, 0.6) is 5.75 Å². The van der Waals surface area contributed by atoms with Gasteiger partial charge in [-0.2, -0.15) is 0 Å². The number of benzene rings is 1. The Morgan fingerprint density at radius 3 is 2.93 bits per heavy atom. The Morgan fingerprint density at radius 2 is 2.27 bits per heavy atom. The third-order valence-electron chi connectivity index (χ3n) is 2.14. The minimum atomic E-state index is -0.585. The third kappa shape index (κ3) is 3.49. The number of hydrogen-bond acceptors (Lipinski definition) is 3. The average Bonchev–Trinajstić information content (AvgIpc) is 2.24. The summed E-state index contributed by atoms with van der Waals surface area (Å²) >= 11 is 0. The van der Waals surface area contributed by atoms with Gasteiger partial charge in [0.1, 0.15) is 0 Å². The summed E-state index contributed by atoms with van der Waals surface area (Å²) < 4.78 is 18.6. The van der Waals surface area contributed by atoms with Crippen LogP contribution in [0, 0.1) is 12.7 Å². The van der Waals surface area contributed by atoms with Crippen LogP contribution in [0.2, 0.25) is 0 Å². The van der Waals surface area contributed by atoms with E-state index in [1.807, 2.05) is 0 Å². The molecule has 1 unspecified atom stereocenters. The van der Waals surface area contributed by atoms with Gasteiger partial charge in [-0.3, -0.25) is 0 Å². The van der Waals surface area contributed by atoms with Gasteiger partial charge in [0.05, 0.1) is 12.7 Å². The van der Waals surface area contributed by atoms with Crippen molar-refractivity contribution in [3.05, 3.63) is 29.6 Å². The molecule has 84 valence electrons. The molecular formula is C11H16FNO2. The molecule has 1 atom stereocenters. The summed E-state index contributed by atoms with van der Waals surface area (Å²) in [5.74, 6) is -0.126. The van der Waals surface area contributed by atoms with Gasteiger partial charge in [0.25, 0.3) is 0 Å². The Morgan fingerprint density at radius 1 is 1.53 bits per heavy atom. The molecule has 0 aliphatic carbocycles. The molecule has 3 nitrogen and oxygen atoms in total. The maximum absolute atomic E-state index is 13.4. The number of ether oxygens (including phenoxy) is 1. The number of aliphatic hydroxyl groups is 1. The molecule has 1 aromatic carbocycles. The number of hydrogen-bond donors (Lipinski definition) is 2. The van der Waals surface area contributed by atoms with Crippen LogP contribution in [0.1, 0.15) is 12.0 Å². The lowest BCUT2D eigenvalue weighted by atomic mass is 10.2. The lowest BCUT2D eigenvalue weighted by molar-refractivity contribution is 0.144. The van der Waals surface area contributed by atoms with Crippen LogP contribution < -0.4 is 10.5 Å². The summed E-state index contributed by atoms with van der Waals surface area (Å²) in [4.78, 5) is 0. The van der Waals surface area contributed by atoms with Crippen LogP contribution in [0.3, 0.4) is 0 Å². The van der Waals surface area contributed by atoms with Crippen molar-refractivity contribution in [1.29, 1.82) is 0 Å². The minimum absolute atomic E-state index is 0.194. The van der Waals surface area contributed by atoms with E-state index in [1.165, 1.54) is 0 Å². The first-order valence-corrected chi connectivity index (χ1v) is 4.91. The fourth-order valence-corrected chi connectivity index (χ4v) is 1.15. The van der Waals surface area contributed by atoms with Crippen LogP contribution in [0.25, 0.3) is 0 Å². The van der Waals surface area contributed by atoms with Crippen LogP contribution in [-0.2, 0) is 0 Å². The summed E-state index contributed by atoms with van der Waals surface area (Å²) in [6, 6.07) is 4.97. The molecule has 0 radical (unpaired) electrons.